The zero-order valence-electron chi connectivity index (χ0n) is 9.84. The summed E-state index contributed by atoms with van der Waals surface area (Å²) in [6.07, 6.45) is -4.98. The molecular weight excluding hydrogens is 247 g/mol. The lowest BCUT2D eigenvalue weighted by Crippen LogP contribution is -2.45. The van der Waals surface area contributed by atoms with Gasteiger partial charge in [-0.05, 0) is 13.8 Å². The fourth-order valence-corrected chi connectivity index (χ4v) is 1.31. The number of nitrogens with one attached hydrogen (secondary N) is 1. The van der Waals surface area contributed by atoms with Crippen LogP contribution in [0.15, 0.2) is 24.3 Å². The maximum absolute atomic E-state index is 12.0. The molecule has 1 amide bonds. The largest absolute Gasteiger partial charge is 0.471 e. The normalized spacial score (nSPS) is 12.9. The van der Waals surface area contributed by atoms with Crippen LogP contribution in [-0.2, 0) is 4.79 Å². The molecule has 0 aliphatic rings. The van der Waals surface area contributed by atoms with Gasteiger partial charge in [0.25, 0.3) is 0 Å². The highest BCUT2D eigenvalue weighted by Crippen LogP contribution is 2.15. The van der Waals surface area contributed by atoms with E-state index in [1.165, 1.54) is 19.1 Å². The Labute approximate surface area is 102 Å². The van der Waals surface area contributed by atoms with E-state index in [0.29, 0.717) is 0 Å². The molecule has 6 heteroatoms. The molecule has 0 radical (unpaired) electrons. The molecule has 0 bridgehead atoms. The minimum Gasteiger partial charge on any atom is -0.338 e. The van der Waals surface area contributed by atoms with Crippen LogP contribution < -0.4 is 5.32 Å². The minimum absolute atomic E-state index is 0.260. The Bertz CT molecular complexity index is 451. The Morgan fingerprint density at radius 2 is 1.67 bits per heavy atom. The van der Waals surface area contributed by atoms with E-state index in [1.807, 2.05) is 6.92 Å². The lowest BCUT2D eigenvalue weighted by atomic mass is 10.0. The summed E-state index contributed by atoms with van der Waals surface area (Å²) in [4.78, 5) is 22.4. The molecular formula is C12H12F3NO2. The highest BCUT2D eigenvalue weighted by Gasteiger charge is 2.40. The van der Waals surface area contributed by atoms with Crippen molar-refractivity contribution in [1.29, 1.82) is 0 Å². The summed E-state index contributed by atoms with van der Waals surface area (Å²) in [5.74, 6) is -2.68. The third-order valence-electron chi connectivity index (χ3n) is 2.33. The van der Waals surface area contributed by atoms with Gasteiger partial charge >= 0.3 is 12.1 Å². The number of ketones is 1. The Kier molecular flexibility index (Phi) is 4.11. The fourth-order valence-electron chi connectivity index (χ4n) is 1.31. The highest BCUT2D eigenvalue weighted by atomic mass is 19.4. The van der Waals surface area contributed by atoms with E-state index in [2.05, 4.69) is 0 Å². The van der Waals surface area contributed by atoms with Crippen molar-refractivity contribution in [3.63, 3.8) is 0 Å². The third kappa shape index (κ3) is 3.58. The number of carbonyl (C=O) groups is 2. The summed E-state index contributed by atoms with van der Waals surface area (Å²) in [6.45, 7) is 3.04. The van der Waals surface area contributed by atoms with E-state index in [0.717, 1.165) is 5.56 Å². The van der Waals surface area contributed by atoms with Crippen LogP contribution in [0.4, 0.5) is 13.2 Å². The van der Waals surface area contributed by atoms with Crippen molar-refractivity contribution < 1.29 is 22.8 Å². The molecule has 1 aromatic rings. The van der Waals surface area contributed by atoms with E-state index in [9.17, 15) is 22.8 Å². The van der Waals surface area contributed by atoms with Gasteiger partial charge in [0.1, 0.15) is 0 Å². The van der Waals surface area contributed by atoms with Gasteiger partial charge in [-0.2, -0.15) is 13.2 Å². The molecule has 0 spiro atoms. The lowest BCUT2D eigenvalue weighted by Gasteiger charge is -2.14. The first-order chi connectivity index (χ1) is 8.21. The number of benzene rings is 1. The zero-order chi connectivity index (χ0) is 13.9. The molecule has 0 heterocycles. The van der Waals surface area contributed by atoms with Crippen molar-refractivity contribution in [3.8, 4) is 0 Å². The van der Waals surface area contributed by atoms with Crippen LogP contribution in [0.1, 0.15) is 22.8 Å². The first kappa shape index (κ1) is 14.2. The van der Waals surface area contributed by atoms with Crippen molar-refractivity contribution in [2.24, 2.45) is 0 Å². The van der Waals surface area contributed by atoms with Gasteiger partial charge in [-0.3, -0.25) is 9.59 Å². The molecule has 18 heavy (non-hydrogen) atoms. The van der Waals surface area contributed by atoms with Gasteiger partial charge in [0.2, 0.25) is 0 Å². The van der Waals surface area contributed by atoms with E-state index < -0.39 is 23.9 Å². The van der Waals surface area contributed by atoms with Gasteiger partial charge in [0.05, 0.1) is 6.04 Å². The molecule has 0 aliphatic heterocycles. The summed E-state index contributed by atoms with van der Waals surface area (Å²) in [5, 5.41) is 1.62. The third-order valence-corrected chi connectivity index (χ3v) is 2.33. The van der Waals surface area contributed by atoms with Crippen molar-refractivity contribution in [2.75, 3.05) is 0 Å². The molecule has 1 aromatic carbocycles. The quantitative estimate of drug-likeness (QED) is 0.846. The van der Waals surface area contributed by atoms with Gasteiger partial charge in [-0.25, -0.2) is 0 Å². The predicted molar refractivity (Wildman–Crippen MR) is 59.2 cm³/mol. The summed E-state index contributed by atoms with van der Waals surface area (Å²) in [5.41, 5.74) is 1.19. The van der Waals surface area contributed by atoms with E-state index >= 15 is 0 Å². The van der Waals surface area contributed by atoms with Crippen LogP contribution in [0.2, 0.25) is 0 Å². The zero-order valence-corrected chi connectivity index (χ0v) is 9.84. The Morgan fingerprint density at radius 3 is 2.11 bits per heavy atom. The maximum Gasteiger partial charge on any atom is 0.471 e. The SMILES string of the molecule is Cc1ccc(C(=O)C(C)NC(=O)C(F)(F)F)cc1. The van der Waals surface area contributed by atoms with E-state index in [4.69, 9.17) is 0 Å². The molecule has 3 nitrogen and oxygen atoms in total. The maximum atomic E-state index is 12.0. The van der Waals surface area contributed by atoms with Gasteiger partial charge < -0.3 is 5.32 Å². The van der Waals surface area contributed by atoms with Gasteiger partial charge in [0, 0.05) is 5.56 Å². The molecule has 0 saturated heterocycles. The first-order valence-electron chi connectivity index (χ1n) is 5.20. The lowest BCUT2D eigenvalue weighted by molar-refractivity contribution is -0.173. The van der Waals surface area contributed by atoms with E-state index in [1.54, 1.807) is 17.4 Å². The number of carbonyl (C=O) groups excluding carboxylic acids is 2. The summed E-state index contributed by atoms with van der Waals surface area (Å²) in [6, 6.07) is 5.14. The van der Waals surface area contributed by atoms with Gasteiger partial charge in [-0.1, -0.05) is 29.8 Å². The molecule has 0 aromatic heterocycles. The first-order valence-corrected chi connectivity index (χ1v) is 5.20. The molecule has 0 fully saturated rings. The van der Waals surface area contributed by atoms with Gasteiger partial charge in [0.15, 0.2) is 5.78 Å². The smallest absolute Gasteiger partial charge is 0.338 e. The molecule has 1 atom stereocenters. The molecule has 1 unspecified atom stereocenters. The molecule has 1 N–H and O–H groups in total. The summed E-state index contributed by atoms with van der Waals surface area (Å²) >= 11 is 0. The molecule has 0 aliphatic carbocycles. The number of Topliss-reactive ketones (excluding diaryl/α,β-unsaturated/α-hetero) is 1. The standard InChI is InChI=1S/C12H12F3NO2/c1-7-3-5-9(6-4-7)10(17)8(2)16-11(18)12(13,14)15/h3-6,8H,1-2H3,(H,16,18). The molecule has 1 rings (SSSR count). The van der Waals surface area contributed by atoms with Crippen molar-refractivity contribution in [2.45, 2.75) is 26.1 Å². The minimum atomic E-state index is -4.98. The van der Waals surface area contributed by atoms with Crippen LogP contribution >= 0.6 is 0 Å². The van der Waals surface area contributed by atoms with Crippen molar-refractivity contribution >= 4 is 11.7 Å². The summed E-state index contributed by atoms with van der Waals surface area (Å²) < 4.78 is 36.0. The Hall–Kier alpha value is -1.85. The van der Waals surface area contributed by atoms with E-state index in [-0.39, 0.29) is 5.56 Å². The van der Waals surface area contributed by atoms with Gasteiger partial charge in [-0.15, -0.1) is 0 Å². The van der Waals surface area contributed by atoms with Crippen LogP contribution in [-0.4, -0.2) is 23.9 Å². The number of amides is 1. The molecule has 98 valence electrons. The second-order valence-electron chi connectivity index (χ2n) is 3.92. The number of aryl methyl sites for hydroxylation is 1. The number of halogens is 3. The topological polar surface area (TPSA) is 46.2 Å². The van der Waals surface area contributed by atoms with Crippen LogP contribution in [0, 0.1) is 6.92 Å². The number of rotatable bonds is 3. The number of hydrogen-bond acceptors (Lipinski definition) is 2. The highest BCUT2D eigenvalue weighted by molar-refractivity contribution is 6.02. The molecule has 0 saturated carbocycles. The van der Waals surface area contributed by atoms with Crippen LogP contribution in [0.5, 0.6) is 0 Å². The Balaban J connectivity index is 2.73. The second-order valence-corrected chi connectivity index (χ2v) is 3.92. The average molecular weight is 259 g/mol. The average Bonchev–Trinajstić information content (AvgIpc) is 2.27. The number of hydrogen-bond donors (Lipinski definition) is 1. The number of alkyl halides is 3. The summed E-state index contributed by atoms with van der Waals surface area (Å²) in [7, 11) is 0. The van der Waals surface area contributed by atoms with Crippen LogP contribution in [0.3, 0.4) is 0 Å². The predicted octanol–water partition coefficient (Wildman–Crippen LogP) is 2.24. The second kappa shape index (κ2) is 5.20. The fraction of sp³-hybridized carbons (Fsp3) is 0.333. The Morgan fingerprint density at radius 1 is 1.17 bits per heavy atom. The van der Waals surface area contributed by atoms with Crippen molar-refractivity contribution in [1.82, 2.24) is 5.32 Å². The van der Waals surface area contributed by atoms with Crippen molar-refractivity contribution in [3.05, 3.63) is 35.4 Å². The monoisotopic (exact) mass is 259 g/mol. The van der Waals surface area contributed by atoms with Crippen LogP contribution in [0.25, 0.3) is 0 Å².